The lowest BCUT2D eigenvalue weighted by Gasteiger charge is -2.10. The molecule has 1 saturated heterocycles. The minimum absolute atomic E-state index is 0.0386. The van der Waals surface area contributed by atoms with Crippen molar-refractivity contribution < 1.29 is 9.53 Å². The van der Waals surface area contributed by atoms with Crippen molar-refractivity contribution in [2.75, 3.05) is 18.5 Å². The fourth-order valence-corrected chi connectivity index (χ4v) is 1.98. The van der Waals surface area contributed by atoms with Crippen LogP contribution >= 0.6 is 15.9 Å². The molecule has 1 amide bonds. The minimum Gasteiger partial charge on any atom is -0.376 e. The van der Waals surface area contributed by atoms with Crippen LogP contribution in [0, 0.1) is 11.3 Å². The number of halogens is 1. The van der Waals surface area contributed by atoms with E-state index in [0.717, 1.165) is 23.9 Å². The van der Waals surface area contributed by atoms with E-state index in [4.69, 9.17) is 10.00 Å². The van der Waals surface area contributed by atoms with Crippen LogP contribution in [0.5, 0.6) is 0 Å². The molecule has 1 unspecified atom stereocenters. The Bertz CT molecular complexity index is 561. The fraction of sp³-hybridized carbons (Fsp3) is 0.385. The number of carbonyl (C=O) groups is 1. The number of amides is 1. The third kappa shape index (κ3) is 4.81. The lowest BCUT2D eigenvalue weighted by atomic mass is 10.2. The number of ether oxygens (including phenoxy) is 1. The molecule has 21 heavy (non-hydrogen) atoms. The zero-order chi connectivity index (χ0) is 15.1. The standard InChI is InChI=1S/C13H14BrN5O2/c14-10-6-18-13(19-7-10)17-5-9(4-15)12(20)16-8-11-2-1-3-21-11/h5-7,11H,1-3,8H2,(H,16,20)(H,17,18,19)/b9-5-. The van der Waals surface area contributed by atoms with Crippen LogP contribution in [0.2, 0.25) is 0 Å². The van der Waals surface area contributed by atoms with Gasteiger partial charge in [-0.25, -0.2) is 9.97 Å². The van der Waals surface area contributed by atoms with Gasteiger partial charge >= 0.3 is 0 Å². The first-order chi connectivity index (χ1) is 10.2. The smallest absolute Gasteiger partial charge is 0.263 e. The summed E-state index contributed by atoms with van der Waals surface area (Å²) in [5, 5.41) is 14.4. The van der Waals surface area contributed by atoms with E-state index >= 15 is 0 Å². The summed E-state index contributed by atoms with van der Waals surface area (Å²) in [6.07, 6.45) is 6.38. The highest BCUT2D eigenvalue weighted by Gasteiger charge is 2.17. The van der Waals surface area contributed by atoms with Crippen molar-refractivity contribution in [3.8, 4) is 6.07 Å². The van der Waals surface area contributed by atoms with Gasteiger partial charge in [-0.2, -0.15) is 5.26 Å². The average molecular weight is 352 g/mol. The molecule has 0 saturated carbocycles. The minimum atomic E-state index is -0.447. The number of nitriles is 1. The predicted octanol–water partition coefficient (Wildman–Crippen LogP) is 1.35. The Kier molecular flexibility index (Phi) is 5.66. The molecular formula is C13H14BrN5O2. The number of hydrogen-bond acceptors (Lipinski definition) is 6. The monoisotopic (exact) mass is 351 g/mol. The van der Waals surface area contributed by atoms with E-state index in [-0.39, 0.29) is 11.7 Å². The van der Waals surface area contributed by atoms with E-state index in [1.807, 2.05) is 6.07 Å². The Hall–Kier alpha value is -1.98. The first-order valence-corrected chi connectivity index (χ1v) is 7.22. The molecule has 1 aliphatic rings. The quantitative estimate of drug-likeness (QED) is 0.613. The van der Waals surface area contributed by atoms with Crippen molar-refractivity contribution in [3.05, 3.63) is 28.6 Å². The van der Waals surface area contributed by atoms with Crippen LogP contribution in [0.3, 0.4) is 0 Å². The van der Waals surface area contributed by atoms with Gasteiger partial charge in [0.25, 0.3) is 5.91 Å². The molecule has 1 aliphatic heterocycles. The normalized spacial score (nSPS) is 18.1. The number of nitrogens with one attached hydrogen (secondary N) is 2. The van der Waals surface area contributed by atoms with Gasteiger partial charge in [-0.05, 0) is 28.8 Å². The summed E-state index contributed by atoms with van der Waals surface area (Å²) >= 11 is 3.22. The van der Waals surface area contributed by atoms with Crippen LogP contribution in [0.25, 0.3) is 0 Å². The summed E-state index contributed by atoms with van der Waals surface area (Å²) in [5.74, 6) is -0.143. The molecule has 0 aromatic carbocycles. The van der Waals surface area contributed by atoms with Gasteiger partial charge in [0, 0.05) is 31.7 Å². The maximum absolute atomic E-state index is 11.9. The number of nitrogens with zero attached hydrogens (tertiary/aromatic N) is 3. The highest BCUT2D eigenvalue weighted by molar-refractivity contribution is 9.10. The zero-order valence-corrected chi connectivity index (χ0v) is 12.8. The molecule has 2 N–H and O–H groups in total. The van der Waals surface area contributed by atoms with Gasteiger partial charge in [0.15, 0.2) is 0 Å². The van der Waals surface area contributed by atoms with E-state index in [1.54, 1.807) is 12.4 Å². The first kappa shape index (κ1) is 15.4. The second-order valence-electron chi connectivity index (χ2n) is 4.38. The lowest BCUT2D eigenvalue weighted by molar-refractivity contribution is -0.117. The van der Waals surface area contributed by atoms with Crippen molar-refractivity contribution >= 4 is 27.8 Å². The number of rotatable bonds is 5. The molecule has 1 fully saturated rings. The van der Waals surface area contributed by atoms with Crippen molar-refractivity contribution in [3.63, 3.8) is 0 Å². The van der Waals surface area contributed by atoms with E-state index in [0.29, 0.717) is 12.5 Å². The van der Waals surface area contributed by atoms with Crippen molar-refractivity contribution in [1.82, 2.24) is 15.3 Å². The highest BCUT2D eigenvalue weighted by atomic mass is 79.9. The van der Waals surface area contributed by atoms with Gasteiger partial charge in [0.2, 0.25) is 5.95 Å². The molecule has 0 aliphatic carbocycles. The SMILES string of the molecule is N#C/C(=C/Nc1ncc(Br)cn1)C(=O)NCC1CCCO1. The van der Waals surface area contributed by atoms with Gasteiger partial charge < -0.3 is 15.4 Å². The Morgan fingerprint density at radius 1 is 1.57 bits per heavy atom. The second-order valence-corrected chi connectivity index (χ2v) is 5.30. The Balaban J connectivity index is 1.88. The molecular weight excluding hydrogens is 338 g/mol. The van der Waals surface area contributed by atoms with Crippen molar-refractivity contribution in [1.29, 1.82) is 5.26 Å². The second kappa shape index (κ2) is 7.71. The van der Waals surface area contributed by atoms with E-state index in [9.17, 15) is 4.79 Å². The molecule has 8 heteroatoms. The molecule has 2 heterocycles. The van der Waals surface area contributed by atoms with Gasteiger partial charge in [-0.15, -0.1) is 0 Å². The van der Waals surface area contributed by atoms with Crippen LogP contribution in [-0.2, 0) is 9.53 Å². The zero-order valence-electron chi connectivity index (χ0n) is 11.2. The molecule has 7 nitrogen and oxygen atoms in total. The largest absolute Gasteiger partial charge is 0.376 e. The van der Waals surface area contributed by atoms with E-state index < -0.39 is 5.91 Å². The van der Waals surface area contributed by atoms with Crippen LogP contribution in [0.4, 0.5) is 5.95 Å². The lowest BCUT2D eigenvalue weighted by Crippen LogP contribution is -2.32. The van der Waals surface area contributed by atoms with Crippen LogP contribution in [-0.4, -0.2) is 35.1 Å². The molecule has 0 radical (unpaired) electrons. The summed E-state index contributed by atoms with van der Waals surface area (Å²) in [6.45, 7) is 1.14. The van der Waals surface area contributed by atoms with Gasteiger partial charge in [-0.1, -0.05) is 0 Å². The topological polar surface area (TPSA) is 99.9 Å². The third-order valence-electron chi connectivity index (χ3n) is 2.85. The third-order valence-corrected chi connectivity index (χ3v) is 3.25. The van der Waals surface area contributed by atoms with E-state index in [1.165, 1.54) is 6.20 Å². The molecule has 110 valence electrons. The van der Waals surface area contributed by atoms with Crippen molar-refractivity contribution in [2.45, 2.75) is 18.9 Å². The van der Waals surface area contributed by atoms with Gasteiger partial charge in [0.05, 0.1) is 10.6 Å². The number of anilines is 1. The molecule has 1 atom stereocenters. The maximum Gasteiger partial charge on any atom is 0.263 e. The van der Waals surface area contributed by atoms with Gasteiger partial charge in [0.1, 0.15) is 11.6 Å². The summed E-state index contributed by atoms with van der Waals surface area (Å²) in [5.41, 5.74) is -0.0421. The van der Waals surface area contributed by atoms with Crippen LogP contribution in [0.1, 0.15) is 12.8 Å². The van der Waals surface area contributed by atoms with Crippen LogP contribution in [0.15, 0.2) is 28.6 Å². The molecule has 0 bridgehead atoms. The molecule has 0 spiro atoms. The molecule has 1 aromatic heterocycles. The van der Waals surface area contributed by atoms with Gasteiger partial charge in [-0.3, -0.25) is 4.79 Å². The predicted molar refractivity (Wildman–Crippen MR) is 79.0 cm³/mol. The van der Waals surface area contributed by atoms with Crippen molar-refractivity contribution in [2.24, 2.45) is 0 Å². The Morgan fingerprint density at radius 3 is 2.95 bits per heavy atom. The number of carbonyl (C=O) groups excluding carboxylic acids is 1. The Morgan fingerprint density at radius 2 is 2.33 bits per heavy atom. The highest BCUT2D eigenvalue weighted by Crippen LogP contribution is 2.11. The molecule has 1 aromatic rings. The summed E-state index contributed by atoms with van der Waals surface area (Å²) in [4.78, 5) is 19.8. The Labute approximate surface area is 130 Å². The number of hydrogen-bond donors (Lipinski definition) is 2. The van der Waals surface area contributed by atoms with Crippen LogP contribution < -0.4 is 10.6 Å². The average Bonchev–Trinajstić information content (AvgIpc) is 3.01. The van der Waals surface area contributed by atoms with E-state index in [2.05, 4.69) is 36.5 Å². The number of aromatic nitrogens is 2. The fourth-order valence-electron chi connectivity index (χ4n) is 1.78. The molecule has 2 rings (SSSR count). The summed E-state index contributed by atoms with van der Waals surface area (Å²) in [7, 11) is 0. The summed E-state index contributed by atoms with van der Waals surface area (Å²) in [6, 6.07) is 1.84. The first-order valence-electron chi connectivity index (χ1n) is 6.43. The maximum atomic E-state index is 11.9. The summed E-state index contributed by atoms with van der Waals surface area (Å²) < 4.78 is 6.14.